The Morgan fingerprint density at radius 3 is 2.38 bits per heavy atom. The van der Waals surface area contributed by atoms with Crippen molar-refractivity contribution in [1.82, 2.24) is 5.32 Å². The summed E-state index contributed by atoms with van der Waals surface area (Å²) in [6, 6.07) is 15.8. The maximum Gasteiger partial charge on any atom is 0.0292 e. The van der Waals surface area contributed by atoms with Gasteiger partial charge in [0.1, 0.15) is 0 Å². The van der Waals surface area contributed by atoms with Gasteiger partial charge in [-0.2, -0.15) is 0 Å². The van der Waals surface area contributed by atoms with Crippen molar-refractivity contribution in [3.63, 3.8) is 0 Å². The van der Waals surface area contributed by atoms with E-state index in [2.05, 4.69) is 75.5 Å². The van der Waals surface area contributed by atoms with Gasteiger partial charge in [0.05, 0.1) is 0 Å². The summed E-state index contributed by atoms with van der Waals surface area (Å²) in [6.07, 6.45) is 0. The number of rotatable bonds is 6. The third-order valence-corrected chi connectivity index (χ3v) is 4.92. The van der Waals surface area contributed by atoms with Gasteiger partial charge in [0.2, 0.25) is 0 Å². The highest BCUT2D eigenvalue weighted by molar-refractivity contribution is 7.98. The fraction of sp³-hybridized carbons (Fsp3) is 0.368. The summed E-state index contributed by atoms with van der Waals surface area (Å²) in [5.41, 5.74) is 5.61. The van der Waals surface area contributed by atoms with E-state index in [1.165, 1.54) is 27.1 Å². The lowest BCUT2D eigenvalue weighted by molar-refractivity contribution is 0.597. The lowest BCUT2D eigenvalue weighted by Gasteiger charge is -2.14. The maximum absolute atomic E-state index is 3.47. The molecule has 0 spiro atoms. The maximum atomic E-state index is 3.47. The van der Waals surface area contributed by atoms with Gasteiger partial charge in [0.15, 0.2) is 0 Å². The van der Waals surface area contributed by atoms with Crippen LogP contribution in [0.15, 0.2) is 47.4 Å². The van der Waals surface area contributed by atoms with Crippen LogP contribution in [0.2, 0.25) is 0 Å². The fourth-order valence-electron chi connectivity index (χ4n) is 2.53. The van der Waals surface area contributed by atoms with Crippen molar-refractivity contribution in [1.29, 1.82) is 0 Å². The van der Waals surface area contributed by atoms with E-state index in [-0.39, 0.29) is 0 Å². The number of benzene rings is 2. The zero-order valence-electron chi connectivity index (χ0n) is 13.4. The lowest BCUT2D eigenvalue weighted by Crippen LogP contribution is -2.17. The molecule has 1 unspecified atom stereocenters. The Morgan fingerprint density at radius 1 is 1.05 bits per heavy atom. The Balaban J connectivity index is 2.08. The summed E-state index contributed by atoms with van der Waals surface area (Å²) in [7, 11) is 0. The highest BCUT2D eigenvalue weighted by Gasteiger charge is 2.06. The topological polar surface area (TPSA) is 12.0 Å². The second kappa shape index (κ2) is 7.67. The Kier molecular flexibility index (Phi) is 5.89. The SMILES string of the molecule is CCNC(C)c1cccc(SCc2c(C)cccc2C)c1. The van der Waals surface area contributed by atoms with Crippen LogP contribution in [0.3, 0.4) is 0 Å². The molecule has 2 aromatic carbocycles. The summed E-state index contributed by atoms with van der Waals surface area (Å²) in [5.74, 6) is 1.04. The van der Waals surface area contributed by atoms with Gasteiger partial charge < -0.3 is 5.32 Å². The molecule has 0 fully saturated rings. The van der Waals surface area contributed by atoms with Crippen LogP contribution in [0.25, 0.3) is 0 Å². The van der Waals surface area contributed by atoms with Gasteiger partial charge in [-0.05, 0) is 61.7 Å². The molecule has 2 rings (SSSR count). The molecule has 0 bridgehead atoms. The molecule has 0 aliphatic rings. The number of hydrogen-bond donors (Lipinski definition) is 1. The van der Waals surface area contributed by atoms with E-state index in [4.69, 9.17) is 0 Å². The van der Waals surface area contributed by atoms with Crippen LogP contribution < -0.4 is 5.32 Å². The van der Waals surface area contributed by atoms with Gasteiger partial charge in [-0.3, -0.25) is 0 Å². The minimum Gasteiger partial charge on any atom is -0.310 e. The average Bonchev–Trinajstić information content (AvgIpc) is 2.47. The van der Waals surface area contributed by atoms with Crippen molar-refractivity contribution in [3.8, 4) is 0 Å². The Bertz CT molecular complexity index is 572. The van der Waals surface area contributed by atoms with Crippen molar-refractivity contribution >= 4 is 11.8 Å². The number of hydrogen-bond acceptors (Lipinski definition) is 2. The molecule has 2 heteroatoms. The predicted octanol–water partition coefficient (Wildman–Crippen LogP) is 5.27. The first-order chi connectivity index (χ1) is 10.1. The van der Waals surface area contributed by atoms with Crippen LogP contribution >= 0.6 is 11.8 Å². The van der Waals surface area contributed by atoms with Crippen LogP contribution in [-0.4, -0.2) is 6.54 Å². The molecular weight excluding hydrogens is 274 g/mol. The third-order valence-electron chi connectivity index (χ3n) is 3.90. The summed E-state index contributed by atoms with van der Waals surface area (Å²) >= 11 is 1.92. The molecule has 2 aromatic rings. The summed E-state index contributed by atoms with van der Waals surface area (Å²) < 4.78 is 0. The molecule has 0 aromatic heterocycles. The van der Waals surface area contributed by atoms with Crippen molar-refractivity contribution in [3.05, 3.63) is 64.7 Å². The van der Waals surface area contributed by atoms with Crippen molar-refractivity contribution in [2.45, 2.75) is 44.4 Å². The molecule has 0 heterocycles. The first-order valence-corrected chi connectivity index (χ1v) is 8.61. The molecule has 0 amide bonds. The zero-order valence-corrected chi connectivity index (χ0v) is 14.3. The van der Waals surface area contributed by atoms with Gasteiger partial charge in [0.25, 0.3) is 0 Å². The smallest absolute Gasteiger partial charge is 0.0292 e. The summed E-state index contributed by atoms with van der Waals surface area (Å²) in [5, 5.41) is 3.47. The molecule has 0 radical (unpaired) electrons. The van der Waals surface area contributed by atoms with Crippen LogP contribution in [0.5, 0.6) is 0 Å². The molecule has 21 heavy (non-hydrogen) atoms. The fourth-order valence-corrected chi connectivity index (χ4v) is 3.69. The van der Waals surface area contributed by atoms with Crippen LogP contribution in [0.4, 0.5) is 0 Å². The molecule has 1 N–H and O–H groups in total. The first kappa shape index (κ1) is 16.1. The van der Waals surface area contributed by atoms with E-state index >= 15 is 0 Å². The number of aryl methyl sites for hydroxylation is 2. The molecule has 1 atom stereocenters. The summed E-state index contributed by atoms with van der Waals surface area (Å²) in [6.45, 7) is 9.77. The minimum atomic E-state index is 0.413. The highest BCUT2D eigenvalue weighted by atomic mass is 32.2. The standard InChI is InChI=1S/C19H25NS/c1-5-20-16(4)17-10-7-11-18(12-17)21-13-19-14(2)8-6-9-15(19)3/h6-12,16,20H,5,13H2,1-4H3. The van der Waals surface area contributed by atoms with Gasteiger partial charge in [-0.1, -0.05) is 37.3 Å². The normalized spacial score (nSPS) is 12.4. The second-order valence-corrected chi connectivity index (χ2v) is 6.56. The Labute approximate surface area is 133 Å². The van der Waals surface area contributed by atoms with E-state index in [9.17, 15) is 0 Å². The van der Waals surface area contributed by atoms with Crippen LogP contribution in [-0.2, 0) is 5.75 Å². The van der Waals surface area contributed by atoms with Crippen molar-refractivity contribution < 1.29 is 0 Å². The number of nitrogens with one attached hydrogen (secondary N) is 1. The molecule has 1 nitrogen and oxygen atoms in total. The van der Waals surface area contributed by atoms with Gasteiger partial charge in [-0.25, -0.2) is 0 Å². The largest absolute Gasteiger partial charge is 0.310 e. The molecule has 0 aliphatic carbocycles. The predicted molar refractivity (Wildman–Crippen MR) is 94.0 cm³/mol. The molecule has 0 aliphatic heterocycles. The van der Waals surface area contributed by atoms with E-state index in [0.29, 0.717) is 6.04 Å². The van der Waals surface area contributed by atoms with E-state index in [1.54, 1.807) is 0 Å². The zero-order chi connectivity index (χ0) is 15.2. The van der Waals surface area contributed by atoms with Crippen LogP contribution in [0, 0.1) is 13.8 Å². The molecular formula is C19H25NS. The lowest BCUT2D eigenvalue weighted by atomic mass is 10.1. The van der Waals surface area contributed by atoms with Gasteiger partial charge in [0, 0.05) is 16.7 Å². The van der Waals surface area contributed by atoms with Crippen LogP contribution in [0.1, 0.15) is 42.1 Å². The Hall–Kier alpha value is -1.25. The average molecular weight is 299 g/mol. The highest BCUT2D eigenvalue weighted by Crippen LogP contribution is 2.28. The number of thioether (sulfide) groups is 1. The van der Waals surface area contributed by atoms with Crippen molar-refractivity contribution in [2.75, 3.05) is 6.54 Å². The van der Waals surface area contributed by atoms with Gasteiger partial charge >= 0.3 is 0 Å². The van der Waals surface area contributed by atoms with E-state index in [1.807, 2.05) is 11.8 Å². The van der Waals surface area contributed by atoms with E-state index in [0.717, 1.165) is 12.3 Å². The molecule has 0 saturated carbocycles. The molecule has 0 saturated heterocycles. The van der Waals surface area contributed by atoms with Crippen molar-refractivity contribution in [2.24, 2.45) is 0 Å². The third kappa shape index (κ3) is 4.36. The Morgan fingerprint density at radius 2 is 1.71 bits per heavy atom. The molecule has 112 valence electrons. The monoisotopic (exact) mass is 299 g/mol. The minimum absolute atomic E-state index is 0.413. The van der Waals surface area contributed by atoms with E-state index < -0.39 is 0 Å². The first-order valence-electron chi connectivity index (χ1n) is 7.63. The summed E-state index contributed by atoms with van der Waals surface area (Å²) in [4.78, 5) is 1.35. The van der Waals surface area contributed by atoms with Gasteiger partial charge in [-0.15, -0.1) is 11.8 Å². The quantitative estimate of drug-likeness (QED) is 0.730. The second-order valence-electron chi connectivity index (χ2n) is 5.51.